The quantitative estimate of drug-likeness (QED) is 0.648. The summed E-state index contributed by atoms with van der Waals surface area (Å²) in [5.74, 6) is -0.00120. The lowest BCUT2D eigenvalue weighted by Gasteiger charge is -1.87. The van der Waals surface area contributed by atoms with Crippen LogP contribution in [-0.4, -0.2) is 15.4 Å². The van der Waals surface area contributed by atoms with Crippen molar-refractivity contribution < 1.29 is 4.79 Å². The molecule has 0 bridgehead atoms. The predicted octanol–water partition coefficient (Wildman–Crippen LogP) is 2.56. The summed E-state index contributed by atoms with van der Waals surface area (Å²) in [6.07, 6.45) is 1.82. The zero-order valence-electron chi connectivity index (χ0n) is 8.69. The first kappa shape index (κ1) is 10.4. The van der Waals surface area contributed by atoms with Gasteiger partial charge >= 0.3 is 0 Å². The van der Waals surface area contributed by atoms with Crippen LogP contribution in [-0.2, 0) is 0 Å². The Labute approximate surface area is 83.4 Å². The van der Waals surface area contributed by atoms with Crippen molar-refractivity contribution in [2.24, 2.45) is 0 Å². The third-order valence-corrected chi connectivity index (χ3v) is 1.73. The molecule has 0 aliphatic carbocycles. The van der Waals surface area contributed by atoms with Crippen LogP contribution in [0.5, 0.6) is 0 Å². The molecular formula is C11H14N2O. The standard InChI is InChI=1S/C9H8N2O.C2H6/c1-7(12)9-6-8-4-2-3-5-11(8)10-9;1-2/h2-6H,1H3;1-2H3. The van der Waals surface area contributed by atoms with E-state index in [1.54, 1.807) is 10.6 Å². The van der Waals surface area contributed by atoms with Gasteiger partial charge in [-0.15, -0.1) is 0 Å². The van der Waals surface area contributed by atoms with E-state index in [4.69, 9.17) is 0 Å². The highest BCUT2D eigenvalue weighted by Crippen LogP contribution is 2.05. The summed E-state index contributed by atoms with van der Waals surface area (Å²) in [6, 6.07) is 7.49. The van der Waals surface area contributed by atoms with E-state index in [1.165, 1.54) is 6.92 Å². The molecule has 0 fully saturated rings. The van der Waals surface area contributed by atoms with Gasteiger partial charge in [0.05, 0.1) is 5.52 Å². The Hall–Kier alpha value is -1.64. The van der Waals surface area contributed by atoms with Crippen LogP contribution in [0, 0.1) is 0 Å². The van der Waals surface area contributed by atoms with Gasteiger partial charge in [0.15, 0.2) is 5.78 Å². The number of aromatic nitrogens is 2. The van der Waals surface area contributed by atoms with Gasteiger partial charge in [-0.3, -0.25) is 4.79 Å². The molecule has 0 saturated heterocycles. The van der Waals surface area contributed by atoms with Crippen LogP contribution in [0.3, 0.4) is 0 Å². The number of hydrogen-bond acceptors (Lipinski definition) is 2. The van der Waals surface area contributed by atoms with Crippen LogP contribution in [0.4, 0.5) is 0 Å². The number of hydrogen-bond donors (Lipinski definition) is 0. The molecule has 0 aromatic carbocycles. The van der Waals surface area contributed by atoms with Crippen molar-refractivity contribution in [3.8, 4) is 0 Å². The minimum absolute atomic E-state index is 0.00120. The second kappa shape index (κ2) is 4.56. The Bertz CT molecular complexity index is 399. The maximum absolute atomic E-state index is 10.9. The fourth-order valence-electron chi connectivity index (χ4n) is 1.11. The molecule has 2 aromatic heterocycles. The molecule has 3 heteroatoms. The third-order valence-electron chi connectivity index (χ3n) is 1.73. The van der Waals surface area contributed by atoms with Crippen LogP contribution in [0.25, 0.3) is 5.52 Å². The van der Waals surface area contributed by atoms with Crippen molar-refractivity contribution in [3.05, 3.63) is 36.2 Å². The van der Waals surface area contributed by atoms with Crippen LogP contribution in [0.1, 0.15) is 31.3 Å². The van der Waals surface area contributed by atoms with E-state index in [1.807, 2.05) is 38.2 Å². The van der Waals surface area contributed by atoms with Crippen molar-refractivity contribution >= 4 is 11.3 Å². The largest absolute Gasteiger partial charge is 0.293 e. The molecule has 2 rings (SSSR count). The molecular weight excluding hydrogens is 176 g/mol. The van der Waals surface area contributed by atoms with Gasteiger partial charge in [-0.1, -0.05) is 19.9 Å². The molecule has 0 amide bonds. The summed E-state index contributed by atoms with van der Waals surface area (Å²) in [4.78, 5) is 10.9. The molecule has 2 heterocycles. The number of pyridine rings is 1. The molecule has 0 N–H and O–H groups in total. The molecule has 3 nitrogen and oxygen atoms in total. The van der Waals surface area contributed by atoms with E-state index in [-0.39, 0.29) is 5.78 Å². The molecule has 74 valence electrons. The lowest BCUT2D eigenvalue weighted by Crippen LogP contribution is -1.93. The Morgan fingerprint density at radius 2 is 2.07 bits per heavy atom. The molecule has 14 heavy (non-hydrogen) atoms. The van der Waals surface area contributed by atoms with E-state index in [0.717, 1.165) is 5.52 Å². The van der Waals surface area contributed by atoms with Gasteiger partial charge in [0.25, 0.3) is 0 Å². The van der Waals surface area contributed by atoms with Crippen molar-refractivity contribution in [2.75, 3.05) is 0 Å². The average molecular weight is 190 g/mol. The van der Waals surface area contributed by atoms with Gasteiger partial charge in [0, 0.05) is 13.1 Å². The third kappa shape index (κ3) is 1.99. The summed E-state index contributed by atoms with van der Waals surface area (Å²) in [5, 5.41) is 4.08. The summed E-state index contributed by atoms with van der Waals surface area (Å²) < 4.78 is 1.69. The predicted molar refractivity (Wildman–Crippen MR) is 56.5 cm³/mol. The fourth-order valence-corrected chi connectivity index (χ4v) is 1.11. The van der Waals surface area contributed by atoms with E-state index in [0.29, 0.717) is 5.69 Å². The van der Waals surface area contributed by atoms with Crippen LogP contribution in [0.2, 0.25) is 0 Å². The zero-order valence-corrected chi connectivity index (χ0v) is 8.69. The van der Waals surface area contributed by atoms with Gasteiger partial charge in [-0.25, -0.2) is 4.52 Å². The number of carbonyl (C=O) groups excluding carboxylic acids is 1. The SMILES string of the molecule is CC.CC(=O)c1cc2ccccn2n1. The molecule has 0 spiro atoms. The van der Waals surface area contributed by atoms with Crippen LogP contribution in [0.15, 0.2) is 30.5 Å². The number of rotatable bonds is 1. The Morgan fingerprint density at radius 1 is 1.36 bits per heavy atom. The van der Waals surface area contributed by atoms with Gasteiger partial charge in [-0.2, -0.15) is 5.10 Å². The summed E-state index contributed by atoms with van der Waals surface area (Å²) in [5.41, 5.74) is 1.46. The fraction of sp³-hybridized carbons (Fsp3) is 0.273. The molecule has 0 atom stereocenters. The average Bonchev–Trinajstić information content (AvgIpc) is 2.64. The first-order valence-electron chi connectivity index (χ1n) is 4.73. The van der Waals surface area contributed by atoms with E-state index < -0.39 is 0 Å². The summed E-state index contributed by atoms with van der Waals surface area (Å²) in [7, 11) is 0. The van der Waals surface area contributed by atoms with E-state index >= 15 is 0 Å². The number of Topliss-reactive ketones (excluding diaryl/α,β-unsaturated/α-hetero) is 1. The second-order valence-corrected chi connectivity index (χ2v) is 2.66. The maximum atomic E-state index is 10.9. The first-order valence-corrected chi connectivity index (χ1v) is 4.73. The van der Waals surface area contributed by atoms with Crippen LogP contribution < -0.4 is 0 Å². The highest BCUT2D eigenvalue weighted by Gasteiger charge is 2.03. The van der Waals surface area contributed by atoms with Gasteiger partial charge < -0.3 is 0 Å². The highest BCUT2D eigenvalue weighted by atomic mass is 16.1. The molecule has 0 radical (unpaired) electrons. The zero-order chi connectivity index (χ0) is 10.6. The molecule has 0 aliphatic heterocycles. The van der Waals surface area contributed by atoms with Gasteiger partial charge in [0.1, 0.15) is 5.69 Å². The smallest absolute Gasteiger partial charge is 0.180 e. The van der Waals surface area contributed by atoms with Crippen molar-refractivity contribution in [2.45, 2.75) is 20.8 Å². The van der Waals surface area contributed by atoms with Crippen molar-refractivity contribution in [3.63, 3.8) is 0 Å². The topological polar surface area (TPSA) is 34.4 Å². The number of fused-ring (bicyclic) bond motifs is 1. The molecule has 0 aliphatic rings. The first-order chi connectivity index (χ1) is 6.77. The van der Waals surface area contributed by atoms with Gasteiger partial charge in [-0.05, 0) is 18.2 Å². The summed E-state index contributed by atoms with van der Waals surface area (Å²) >= 11 is 0. The molecule has 2 aromatic rings. The molecule has 0 unspecified atom stereocenters. The Morgan fingerprint density at radius 3 is 2.64 bits per heavy atom. The second-order valence-electron chi connectivity index (χ2n) is 2.66. The summed E-state index contributed by atoms with van der Waals surface area (Å²) in [6.45, 7) is 5.52. The molecule has 0 saturated carbocycles. The highest BCUT2D eigenvalue weighted by molar-refractivity contribution is 5.93. The normalized spacial score (nSPS) is 9.36. The van der Waals surface area contributed by atoms with E-state index in [9.17, 15) is 4.79 Å². The lowest BCUT2D eigenvalue weighted by atomic mass is 10.3. The monoisotopic (exact) mass is 190 g/mol. The van der Waals surface area contributed by atoms with Crippen LogP contribution >= 0.6 is 0 Å². The van der Waals surface area contributed by atoms with Gasteiger partial charge in [0.2, 0.25) is 0 Å². The minimum Gasteiger partial charge on any atom is -0.293 e. The Kier molecular flexibility index (Phi) is 3.40. The lowest BCUT2D eigenvalue weighted by molar-refractivity contribution is 0.101. The van der Waals surface area contributed by atoms with Crippen molar-refractivity contribution in [1.29, 1.82) is 0 Å². The van der Waals surface area contributed by atoms with Crippen molar-refractivity contribution in [1.82, 2.24) is 9.61 Å². The Balaban J connectivity index is 0.000000461. The van der Waals surface area contributed by atoms with E-state index in [2.05, 4.69) is 5.10 Å². The minimum atomic E-state index is -0.00120. The number of carbonyl (C=O) groups is 1. The maximum Gasteiger partial charge on any atom is 0.180 e. The number of nitrogens with zero attached hydrogens (tertiary/aromatic N) is 2. The number of ketones is 1.